The highest BCUT2D eigenvalue weighted by atomic mass is 32.2. The first-order valence-corrected chi connectivity index (χ1v) is 13.2. The molecule has 11 heteroatoms. The molecule has 172 valence electrons. The maximum Gasteiger partial charge on any atom is 0.335 e. The molecule has 1 aromatic heterocycles. The van der Waals surface area contributed by atoms with E-state index in [2.05, 4.69) is 9.71 Å². The predicted octanol–water partition coefficient (Wildman–Crippen LogP) is 3.67. The number of benzene rings is 2. The Morgan fingerprint density at radius 3 is 2.36 bits per heavy atom. The number of aromatic nitrogens is 1. The number of nitrogens with one attached hydrogen (secondary N) is 1. The van der Waals surface area contributed by atoms with Crippen LogP contribution in [0.2, 0.25) is 0 Å². The molecule has 2 N–H and O–H groups in total. The minimum Gasteiger partial charge on any atom is -0.478 e. The lowest BCUT2D eigenvalue weighted by molar-refractivity contribution is 0.0696. The molecular weight excluding hydrogens is 471 g/mol. The van der Waals surface area contributed by atoms with Gasteiger partial charge in [0.2, 0.25) is 0 Å². The third-order valence-corrected chi connectivity index (χ3v) is 7.76. The molecule has 0 saturated heterocycles. The molecule has 0 atom stereocenters. The molecule has 0 radical (unpaired) electrons. The summed E-state index contributed by atoms with van der Waals surface area (Å²) in [6.07, 6.45) is 3.77. The summed E-state index contributed by atoms with van der Waals surface area (Å²) in [5.41, 5.74) is 0.318. The zero-order valence-electron chi connectivity index (χ0n) is 17.3. The fourth-order valence-corrected chi connectivity index (χ4v) is 5.63. The molecule has 3 aromatic rings. The Morgan fingerprint density at radius 1 is 1.06 bits per heavy atom. The van der Waals surface area contributed by atoms with Crippen molar-refractivity contribution in [3.63, 3.8) is 0 Å². The lowest BCUT2D eigenvalue weighted by Crippen LogP contribution is -2.17. The minimum atomic E-state index is -4.37. The number of hydrogen-bond acceptors (Lipinski definition) is 6. The van der Waals surface area contributed by atoms with Gasteiger partial charge in [-0.3, -0.25) is 9.71 Å². The van der Waals surface area contributed by atoms with Crippen molar-refractivity contribution in [1.82, 2.24) is 4.98 Å². The van der Waals surface area contributed by atoms with Crippen LogP contribution < -0.4 is 4.72 Å². The Hall–Kier alpha value is -3.31. The van der Waals surface area contributed by atoms with Gasteiger partial charge in [0.05, 0.1) is 21.8 Å². The first kappa shape index (κ1) is 22.9. The predicted molar refractivity (Wildman–Crippen MR) is 119 cm³/mol. The zero-order valence-corrected chi connectivity index (χ0v) is 19.0. The lowest BCUT2D eigenvalue weighted by atomic mass is 10.1. The Morgan fingerprint density at radius 2 is 1.79 bits per heavy atom. The normalized spacial score (nSPS) is 14.1. The van der Waals surface area contributed by atoms with Gasteiger partial charge < -0.3 is 5.11 Å². The van der Waals surface area contributed by atoms with E-state index in [9.17, 15) is 31.1 Å². The number of halogens is 1. The molecule has 33 heavy (non-hydrogen) atoms. The van der Waals surface area contributed by atoms with E-state index in [1.54, 1.807) is 12.1 Å². The van der Waals surface area contributed by atoms with Gasteiger partial charge in [-0.2, -0.15) is 0 Å². The first-order valence-electron chi connectivity index (χ1n) is 9.82. The van der Waals surface area contributed by atoms with Crippen LogP contribution in [-0.2, 0) is 19.9 Å². The van der Waals surface area contributed by atoms with Gasteiger partial charge in [-0.25, -0.2) is 26.0 Å². The van der Waals surface area contributed by atoms with Crippen LogP contribution >= 0.6 is 0 Å². The summed E-state index contributed by atoms with van der Waals surface area (Å²) in [5.74, 6) is -2.36. The van der Waals surface area contributed by atoms with Crippen LogP contribution in [0.15, 0.2) is 64.5 Å². The number of carboxylic acid groups (broad SMARTS) is 1. The highest BCUT2D eigenvalue weighted by molar-refractivity contribution is 7.92. The number of pyridine rings is 1. The summed E-state index contributed by atoms with van der Waals surface area (Å²) in [6.45, 7) is 0. The van der Waals surface area contributed by atoms with Crippen LogP contribution in [0, 0.1) is 5.82 Å². The maximum atomic E-state index is 14.6. The highest BCUT2D eigenvalue weighted by Gasteiger charge is 2.32. The monoisotopic (exact) mass is 490 g/mol. The van der Waals surface area contributed by atoms with Gasteiger partial charge in [-0.1, -0.05) is 12.1 Å². The molecule has 2 aromatic carbocycles. The molecule has 0 aliphatic heterocycles. The molecular formula is C22H19FN2O6S2. The number of rotatable bonds is 7. The molecule has 0 amide bonds. The van der Waals surface area contributed by atoms with Crippen LogP contribution in [-0.4, -0.2) is 39.2 Å². The molecule has 0 unspecified atom stereocenters. The van der Waals surface area contributed by atoms with Crippen molar-refractivity contribution in [2.75, 3.05) is 11.0 Å². The average molecular weight is 491 g/mol. The fraction of sp³-hybridized carbons (Fsp3) is 0.182. The quantitative estimate of drug-likeness (QED) is 0.517. The van der Waals surface area contributed by atoms with E-state index in [0.29, 0.717) is 5.56 Å². The second-order valence-electron chi connectivity index (χ2n) is 7.75. The second-order valence-corrected chi connectivity index (χ2v) is 11.4. The van der Waals surface area contributed by atoms with Crippen molar-refractivity contribution < 1.29 is 31.1 Å². The molecule has 1 aliphatic rings. The molecule has 1 fully saturated rings. The van der Waals surface area contributed by atoms with Crippen LogP contribution in [0.25, 0.3) is 11.3 Å². The third kappa shape index (κ3) is 4.74. The fourth-order valence-electron chi connectivity index (χ4n) is 3.49. The number of carbonyl (C=O) groups is 1. The number of carboxylic acids is 1. The number of aromatic carboxylic acids is 1. The number of anilines is 1. The van der Waals surface area contributed by atoms with E-state index in [-0.39, 0.29) is 33.3 Å². The highest BCUT2D eigenvalue weighted by Crippen LogP contribution is 2.43. The van der Waals surface area contributed by atoms with E-state index in [4.69, 9.17) is 0 Å². The maximum absolute atomic E-state index is 14.6. The van der Waals surface area contributed by atoms with E-state index >= 15 is 0 Å². The number of sulfone groups is 1. The van der Waals surface area contributed by atoms with Gasteiger partial charge in [-0.15, -0.1) is 0 Å². The third-order valence-electron chi connectivity index (χ3n) is 5.22. The molecule has 8 nitrogen and oxygen atoms in total. The number of nitrogens with zero attached hydrogens (tertiary/aromatic N) is 1. The molecule has 1 aliphatic carbocycles. The van der Waals surface area contributed by atoms with Crippen molar-refractivity contribution in [2.24, 2.45) is 0 Å². The van der Waals surface area contributed by atoms with Crippen LogP contribution in [0.3, 0.4) is 0 Å². The van der Waals surface area contributed by atoms with E-state index in [1.165, 1.54) is 24.4 Å². The Kier molecular flexibility index (Phi) is 5.71. The van der Waals surface area contributed by atoms with Crippen molar-refractivity contribution in [3.8, 4) is 11.3 Å². The van der Waals surface area contributed by atoms with Gasteiger partial charge in [0.25, 0.3) is 10.0 Å². The Balaban J connectivity index is 1.89. The molecule has 1 heterocycles. The topological polar surface area (TPSA) is 130 Å². The van der Waals surface area contributed by atoms with Crippen molar-refractivity contribution in [3.05, 3.63) is 71.7 Å². The Labute approximate surface area is 190 Å². The van der Waals surface area contributed by atoms with Gasteiger partial charge in [0, 0.05) is 18.0 Å². The Bertz CT molecular complexity index is 1470. The van der Waals surface area contributed by atoms with E-state index in [1.807, 2.05) is 0 Å². The van der Waals surface area contributed by atoms with E-state index in [0.717, 1.165) is 37.3 Å². The first-order chi connectivity index (χ1) is 15.5. The van der Waals surface area contributed by atoms with Crippen LogP contribution in [0.5, 0.6) is 0 Å². The van der Waals surface area contributed by atoms with Crippen LogP contribution in [0.1, 0.15) is 34.7 Å². The SMILES string of the molecule is CS(=O)(=O)c1cc(NS(=O)(=O)c2cc(C(=O)O)ccc2C2CC2)c(-c2ccccn2)cc1F. The van der Waals surface area contributed by atoms with Crippen LogP contribution in [0.4, 0.5) is 10.1 Å². The van der Waals surface area contributed by atoms with Crippen molar-refractivity contribution in [1.29, 1.82) is 0 Å². The summed E-state index contributed by atoms with van der Waals surface area (Å²) in [7, 11) is -8.38. The second kappa shape index (κ2) is 8.23. The molecule has 0 spiro atoms. The van der Waals surface area contributed by atoms with Gasteiger partial charge in [-0.05, 0) is 60.7 Å². The molecule has 4 rings (SSSR count). The summed E-state index contributed by atoms with van der Waals surface area (Å²) in [6, 6.07) is 10.5. The van der Waals surface area contributed by atoms with Gasteiger partial charge in [0.1, 0.15) is 10.7 Å². The number of sulfonamides is 1. The van der Waals surface area contributed by atoms with Gasteiger partial charge in [0.15, 0.2) is 9.84 Å². The largest absolute Gasteiger partial charge is 0.478 e. The molecule has 0 bridgehead atoms. The summed E-state index contributed by atoms with van der Waals surface area (Å²) in [4.78, 5) is 14.6. The minimum absolute atomic E-state index is 0.0190. The van der Waals surface area contributed by atoms with Gasteiger partial charge >= 0.3 is 5.97 Å². The van der Waals surface area contributed by atoms with Crippen molar-refractivity contribution in [2.45, 2.75) is 28.6 Å². The summed E-state index contributed by atoms with van der Waals surface area (Å²) < 4.78 is 67.9. The average Bonchev–Trinajstić information content (AvgIpc) is 3.59. The lowest BCUT2D eigenvalue weighted by Gasteiger charge is -2.17. The zero-order chi connectivity index (χ0) is 24.0. The smallest absolute Gasteiger partial charge is 0.335 e. The summed E-state index contributed by atoms with van der Waals surface area (Å²) >= 11 is 0. The van der Waals surface area contributed by atoms with Crippen molar-refractivity contribution >= 4 is 31.5 Å². The molecule has 1 saturated carbocycles. The standard InChI is InChI=1S/C22H19FN2O6S2/c1-32(28,29)21-12-19(16(11-17(21)23)18-4-2-3-9-24-18)25-33(30,31)20-10-14(22(26)27)7-8-15(20)13-5-6-13/h2-4,7-13,25H,5-6H2,1H3,(H,26,27). The summed E-state index contributed by atoms with van der Waals surface area (Å²) in [5, 5.41) is 9.33. The number of hydrogen-bond donors (Lipinski definition) is 2. The van der Waals surface area contributed by atoms with E-state index < -0.39 is 36.5 Å².